The molecule has 2 N–H and O–H groups in total. The van der Waals surface area contributed by atoms with E-state index in [4.69, 9.17) is 10.7 Å². The number of fused-ring (bicyclic) bond motifs is 1. The number of aromatic nitrogens is 2. The molecular formula is C23H30N4O. The summed E-state index contributed by atoms with van der Waals surface area (Å²) in [6.07, 6.45) is 8.41. The summed E-state index contributed by atoms with van der Waals surface area (Å²) in [5.74, 6) is 4.66. The number of para-hydroxylation sites is 2. The average molecular weight is 379 g/mol. The van der Waals surface area contributed by atoms with E-state index in [1.807, 2.05) is 4.90 Å². The lowest BCUT2D eigenvalue weighted by molar-refractivity contribution is -0.0877. The standard InChI is InChI=1S/C23H30N4O/c1-26-20-5-3-2-4-19(20)25-21(26)17-12-27(22(24)28)13-18(17)23-9-14-6-15(10-23)8-16(7-14)11-23/h2-5,14-18H,6-13H2,1H3,(H2,24,28)/t14?,15?,16?,17-,18-,23?/m1/s1. The molecule has 5 fully saturated rings. The first kappa shape index (κ1) is 16.9. The molecule has 4 saturated carbocycles. The summed E-state index contributed by atoms with van der Waals surface area (Å²) in [5.41, 5.74) is 8.39. The van der Waals surface area contributed by atoms with Gasteiger partial charge in [-0.05, 0) is 79.7 Å². The van der Waals surface area contributed by atoms with Crippen LogP contribution in [0.5, 0.6) is 0 Å². The van der Waals surface area contributed by atoms with E-state index in [0.29, 0.717) is 17.3 Å². The molecule has 5 nitrogen and oxygen atoms in total. The van der Waals surface area contributed by atoms with Crippen LogP contribution in [0.15, 0.2) is 24.3 Å². The summed E-state index contributed by atoms with van der Waals surface area (Å²) >= 11 is 0. The highest BCUT2D eigenvalue weighted by molar-refractivity contribution is 5.76. The minimum atomic E-state index is -0.268. The number of primary amides is 1. The predicted octanol–water partition coefficient (Wildman–Crippen LogP) is 3.88. The third kappa shape index (κ3) is 2.31. The van der Waals surface area contributed by atoms with Crippen LogP contribution in [0.4, 0.5) is 4.79 Å². The summed E-state index contributed by atoms with van der Waals surface area (Å²) in [5, 5.41) is 0. The van der Waals surface area contributed by atoms with Gasteiger partial charge in [-0.3, -0.25) is 0 Å². The smallest absolute Gasteiger partial charge is 0.314 e. The van der Waals surface area contributed by atoms with Gasteiger partial charge in [0.15, 0.2) is 0 Å². The molecule has 1 aromatic carbocycles. The van der Waals surface area contributed by atoms with Crippen LogP contribution in [0.1, 0.15) is 50.3 Å². The molecule has 7 rings (SSSR count). The van der Waals surface area contributed by atoms with E-state index in [2.05, 4.69) is 35.9 Å². The van der Waals surface area contributed by atoms with Crippen molar-refractivity contribution in [3.63, 3.8) is 0 Å². The number of amides is 2. The Hall–Kier alpha value is -2.04. The highest BCUT2D eigenvalue weighted by Crippen LogP contribution is 2.65. The Morgan fingerprint density at radius 3 is 2.32 bits per heavy atom. The number of benzene rings is 1. The number of hydrogen-bond donors (Lipinski definition) is 1. The van der Waals surface area contributed by atoms with Crippen LogP contribution >= 0.6 is 0 Å². The fourth-order valence-corrected chi connectivity index (χ4v) is 7.99. The van der Waals surface area contributed by atoms with Gasteiger partial charge in [-0.1, -0.05) is 12.1 Å². The molecule has 4 aliphatic carbocycles. The predicted molar refractivity (Wildman–Crippen MR) is 109 cm³/mol. The third-order valence-corrected chi connectivity index (χ3v) is 8.66. The van der Waals surface area contributed by atoms with Crippen LogP contribution in [0.2, 0.25) is 0 Å². The topological polar surface area (TPSA) is 64.2 Å². The molecule has 0 unspecified atom stereocenters. The lowest BCUT2D eigenvalue weighted by Gasteiger charge is -2.59. The fourth-order valence-electron chi connectivity index (χ4n) is 7.99. The van der Waals surface area contributed by atoms with Crippen molar-refractivity contribution < 1.29 is 4.79 Å². The molecule has 2 heterocycles. The molecule has 0 radical (unpaired) electrons. The zero-order valence-electron chi connectivity index (χ0n) is 16.7. The monoisotopic (exact) mass is 378 g/mol. The van der Waals surface area contributed by atoms with Crippen molar-refractivity contribution in [3.05, 3.63) is 30.1 Å². The minimum Gasteiger partial charge on any atom is -0.351 e. The number of rotatable bonds is 2. The quantitative estimate of drug-likeness (QED) is 0.862. The Bertz CT molecular complexity index is 912. The Kier molecular flexibility index (Phi) is 3.46. The first-order valence-corrected chi connectivity index (χ1v) is 11.0. The van der Waals surface area contributed by atoms with Gasteiger partial charge in [-0.15, -0.1) is 0 Å². The van der Waals surface area contributed by atoms with E-state index in [0.717, 1.165) is 42.2 Å². The van der Waals surface area contributed by atoms with Crippen LogP contribution in [0.3, 0.4) is 0 Å². The van der Waals surface area contributed by atoms with E-state index < -0.39 is 0 Å². The van der Waals surface area contributed by atoms with E-state index >= 15 is 0 Å². The van der Waals surface area contributed by atoms with E-state index in [9.17, 15) is 4.79 Å². The maximum absolute atomic E-state index is 12.1. The summed E-state index contributed by atoms with van der Waals surface area (Å²) < 4.78 is 2.26. The Morgan fingerprint density at radius 2 is 1.71 bits per heavy atom. The molecule has 2 atom stereocenters. The average Bonchev–Trinajstić information content (AvgIpc) is 3.23. The number of likely N-dealkylation sites (tertiary alicyclic amines) is 1. The van der Waals surface area contributed by atoms with Gasteiger partial charge in [0.1, 0.15) is 5.82 Å². The van der Waals surface area contributed by atoms with E-state index in [-0.39, 0.29) is 6.03 Å². The molecule has 28 heavy (non-hydrogen) atoms. The molecule has 2 aromatic rings. The van der Waals surface area contributed by atoms with E-state index in [1.54, 1.807) is 0 Å². The fraction of sp³-hybridized carbons (Fsp3) is 0.652. The van der Waals surface area contributed by atoms with Crippen LogP contribution in [0, 0.1) is 29.1 Å². The van der Waals surface area contributed by atoms with Gasteiger partial charge in [0, 0.05) is 26.1 Å². The molecule has 1 saturated heterocycles. The highest BCUT2D eigenvalue weighted by Gasteiger charge is 2.58. The van der Waals surface area contributed by atoms with Crippen molar-refractivity contribution in [1.82, 2.24) is 14.5 Å². The number of urea groups is 1. The highest BCUT2D eigenvalue weighted by atomic mass is 16.2. The largest absolute Gasteiger partial charge is 0.351 e. The van der Waals surface area contributed by atoms with Gasteiger partial charge in [0.05, 0.1) is 11.0 Å². The lowest BCUT2D eigenvalue weighted by Crippen LogP contribution is -2.51. The Morgan fingerprint density at radius 1 is 1.07 bits per heavy atom. The number of imidazole rings is 1. The molecule has 2 amide bonds. The summed E-state index contributed by atoms with van der Waals surface area (Å²) in [7, 11) is 2.13. The maximum Gasteiger partial charge on any atom is 0.314 e. The molecule has 5 aliphatic rings. The van der Waals surface area contributed by atoms with Crippen LogP contribution in [0.25, 0.3) is 11.0 Å². The van der Waals surface area contributed by atoms with Crippen LogP contribution in [-0.4, -0.2) is 33.6 Å². The van der Waals surface area contributed by atoms with Crippen molar-refractivity contribution in [3.8, 4) is 0 Å². The number of nitrogens with two attached hydrogens (primary N) is 1. The van der Waals surface area contributed by atoms with Crippen molar-refractivity contribution in [1.29, 1.82) is 0 Å². The second-order valence-corrected chi connectivity index (χ2v) is 10.3. The second kappa shape index (κ2) is 5.74. The zero-order chi connectivity index (χ0) is 19.0. The molecule has 4 bridgehead atoms. The van der Waals surface area contributed by atoms with E-state index in [1.165, 1.54) is 44.0 Å². The lowest BCUT2D eigenvalue weighted by atomic mass is 9.45. The maximum atomic E-state index is 12.1. The molecular weight excluding hydrogens is 348 g/mol. The molecule has 5 heteroatoms. The minimum absolute atomic E-state index is 0.268. The molecule has 0 spiro atoms. The van der Waals surface area contributed by atoms with Crippen molar-refractivity contribution in [2.24, 2.45) is 41.9 Å². The number of nitrogens with zero attached hydrogens (tertiary/aromatic N) is 3. The zero-order valence-corrected chi connectivity index (χ0v) is 16.7. The molecule has 1 aliphatic heterocycles. The summed E-state index contributed by atoms with van der Waals surface area (Å²) in [4.78, 5) is 19.1. The number of hydrogen-bond acceptors (Lipinski definition) is 2. The summed E-state index contributed by atoms with van der Waals surface area (Å²) in [6.45, 7) is 1.54. The van der Waals surface area contributed by atoms with Crippen LogP contribution < -0.4 is 5.73 Å². The second-order valence-electron chi connectivity index (χ2n) is 10.3. The SMILES string of the molecule is Cn1c([C@@H]2CN(C(N)=O)C[C@H]2C23CC4CC(CC(C4)C2)C3)nc2ccccc21. The summed E-state index contributed by atoms with van der Waals surface area (Å²) in [6, 6.07) is 8.11. The number of carbonyl (C=O) groups is 1. The van der Waals surface area contributed by atoms with Gasteiger partial charge in [0.25, 0.3) is 0 Å². The molecule has 148 valence electrons. The number of aryl methyl sites for hydroxylation is 1. The van der Waals surface area contributed by atoms with Crippen LogP contribution in [-0.2, 0) is 7.05 Å². The van der Waals surface area contributed by atoms with Gasteiger partial charge < -0.3 is 15.2 Å². The number of carbonyl (C=O) groups excluding carboxylic acids is 1. The van der Waals surface area contributed by atoms with Gasteiger partial charge in [-0.25, -0.2) is 9.78 Å². The Labute approximate surface area is 166 Å². The van der Waals surface area contributed by atoms with Gasteiger partial charge in [-0.2, -0.15) is 0 Å². The normalized spacial score (nSPS) is 39.2. The van der Waals surface area contributed by atoms with Crippen molar-refractivity contribution >= 4 is 17.1 Å². The van der Waals surface area contributed by atoms with Crippen molar-refractivity contribution in [2.45, 2.75) is 44.4 Å². The third-order valence-electron chi connectivity index (χ3n) is 8.66. The van der Waals surface area contributed by atoms with Crippen molar-refractivity contribution in [2.75, 3.05) is 13.1 Å². The first-order valence-electron chi connectivity index (χ1n) is 11.0. The molecule has 1 aromatic heterocycles. The van der Waals surface area contributed by atoms with Gasteiger partial charge in [0.2, 0.25) is 0 Å². The Balaban J connectivity index is 1.44. The van der Waals surface area contributed by atoms with Gasteiger partial charge >= 0.3 is 6.03 Å². The first-order chi connectivity index (χ1) is 13.5.